The minimum Gasteiger partial charge on any atom is -0.367 e. The van der Waals surface area contributed by atoms with Gasteiger partial charge in [0.2, 0.25) is 0 Å². The van der Waals surface area contributed by atoms with Crippen molar-refractivity contribution in [3.05, 3.63) is 41.0 Å². The molecule has 0 bridgehead atoms. The van der Waals surface area contributed by atoms with Crippen molar-refractivity contribution in [2.45, 2.75) is 31.7 Å². The van der Waals surface area contributed by atoms with Gasteiger partial charge in [-0.25, -0.2) is 9.97 Å². The van der Waals surface area contributed by atoms with Crippen molar-refractivity contribution in [3.8, 4) is 11.1 Å². The fourth-order valence-corrected chi connectivity index (χ4v) is 4.13. The van der Waals surface area contributed by atoms with E-state index in [0.29, 0.717) is 6.04 Å². The zero-order chi connectivity index (χ0) is 14.9. The van der Waals surface area contributed by atoms with E-state index in [1.807, 2.05) is 12.1 Å². The van der Waals surface area contributed by atoms with E-state index < -0.39 is 0 Å². The molecular formula is C17H16ClN3S. The van der Waals surface area contributed by atoms with Crippen LogP contribution < -0.4 is 5.32 Å². The van der Waals surface area contributed by atoms with Gasteiger partial charge >= 0.3 is 0 Å². The molecule has 3 aromatic rings. The fraction of sp³-hybridized carbons (Fsp3) is 0.294. The van der Waals surface area contributed by atoms with Crippen molar-refractivity contribution in [3.63, 3.8) is 0 Å². The smallest absolute Gasteiger partial charge is 0.139 e. The molecule has 0 atom stereocenters. The number of nitrogens with one attached hydrogen (secondary N) is 1. The van der Waals surface area contributed by atoms with Gasteiger partial charge in [-0.05, 0) is 30.5 Å². The molecule has 1 aliphatic rings. The molecule has 2 heterocycles. The SMILES string of the molecule is Clc1ccc(-c2csc3ncnc(NC4CCCC4)c23)cc1. The van der Waals surface area contributed by atoms with Gasteiger partial charge in [-0.1, -0.05) is 36.6 Å². The van der Waals surface area contributed by atoms with E-state index in [4.69, 9.17) is 11.6 Å². The minimum absolute atomic E-state index is 0.538. The number of nitrogens with zero attached hydrogens (tertiary/aromatic N) is 2. The predicted molar refractivity (Wildman–Crippen MR) is 93.7 cm³/mol. The second-order valence-corrected chi connectivity index (χ2v) is 6.98. The normalized spacial score (nSPS) is 15.5. The third-order valence-corrected chi connectivity index (χ3v) is 5.36. The fourth-order valence-electron chi connectivity index (χ4n) is 3.09. The molecular weight excluding hydrogens is 314 g/mol. The Bertz CT molecular complexity index is 791. The summed E-state index contributed by atoms with van der Waals surface area (Å²) < 4.78 is 0. The Morgan fingerprint density at radius 2 is 1.86 bits per heavy atom. The summed E-state index contributed by atoms with van der Waals surface area (Å²) in [5, 5.41) is 7.66. The molecule has 0 unspecified atom stereocenters. The molecule has 4 rings (SSSR count). The molecule has 3 nitrogen and oxygen atoms in total. The molecule has 1 aromatic carbocycles. The van der Waals surface area contributed by atoms with Gasteiger partial charge in [-0.3, -0.25) is 0 Å². The maximum absolute atomic E-state index is 6.00. The van der Waals surface area contributed by atoms with Gasteiger partial charge in [-0.15, -0.1) is 11.3 Å². The Balaban J connectivity index is 1.80. The standard InChI is InChI=1S/C17H16ClN3S/c18-12-7-5-11(6-8-12)14-9-22-17-15(14)16(19-10-20-17)21-13-3-1-2-4-13/h5-10,13H,1-4H2,(H,19,20,21). The third kappa shape index (κ3) is 2.57. The molecule has 0 aliphatic heterocycles. The highest BCUT2D eigenvalue weighted by molar-refractivity contribution is 7.17. The van der Waals surface area contributed by atoms with Crippen LogP contribution in [0.1, 0.15) is 25.7 Å². The summed E-state index contributed by atoms with van der Waals surface area (Å²) in [6, 6.07) is 8.49. The summed E-state index contributed by atoms with van der Waals surface area (Å²) in [6.45, 7) is 0. The van der Waals surface area contributed by atoms with Crippen LogP contribution in [0.15, 0.2) is 36.0 Å². The Morgan fingerprint density at radius 1 is 1.09 bits per heavy atom. The van der Waals surface area contributed by atoms with Gasteiger partial charge in [0.05, 0.1) is 5.39 Å². The van der Waals surface area contributed by atoms with Crippen molar-refractivity contribution in [2.75, 3.05) is 5.32 Å². The van der Waals surface area contributed by atoms with Crippen molar-refractivity contribution in [1.29, 1.82) is 0 Å². The molecule has 1 fully saturated rings. The first-order valence-electron chi connectivity index (χ1n) is 7.56. The first-order valence-corrected chi connectivity index (χ1v) is 8.82. The van der Waals surface area contributed by atoms with Crippen LogP contribution in [0.3, 0.4) is 0 Å². The molecule has 22 heavy (non-hydrogen) atoms. The zero-order valence-electron chi connectivity index (χ0n) is 12.1. The average Bonchev–Trinajstić information content (AvgIpc) is 3.18. The summed E-state index contributed by atoms with van der Waals surface area (Å²) in [7, 11) is 0. The number of halogens is 1. The lowest BCUT2D eigenvalue weighted by Crippen LogP contribution is -2.15. The molecule has 1 aliphatic carbocycles. The van der Waals surface area contributed by atoms with E-state index in [1.54, 1.807) is 17.7 Å². The molecule has 0 spiro atoms. The highest BCUT2D eigenvalue weighted by Crippen LogP contribution is 2.37. The lowest BCUT2D eigenvalue weighted by molar-refractivity contribution is 0.751. The van der Waals surface area contributed by atoms with Crippen LogP contribution in [0, 0.1) is 0 Å². The molecule has 0 radical (unpaired) electrons. The van der Waals surface area contributed by atoms with Gasteiger partial charge < -0.3 is 5.32 Å². The number of rotatable bonds is 3. The lowest BCUT2D eigenvalue weighted by atomic mass is 10.1. The van der Waals surface area contributed by atoms with E-state index in [9.17, 15) is 0 Å². The van der Waals surface area contributed by atoms with Crippen LogP contribution in [0.5, 0.6) is 0 Å². The number of thiophene rings is 1. The molecule has 2 aromatic heterocycles. The highest BCUT2D eigenvalue weighted by atomic mass is 35.5. The van der Waals surface area contributed by atoms with Crippen LogP contribution in [0.4, 0.5) is 5.82 Å². The van der Waals surface area contributed by atoms with Crippen molar-refractivity contribution < 1.29 is 0 Å². The molecule has 5 heteroatoms. The molecule has 112 valence electrons. The van der Waals surface area contributed by atoms with E-state index in [0.717, 1.165) is 26.6 Å². The Labute approximate surface area is 138 Å². The topological polar surface area (TPSA) is 37.8 Å². The lowest BCUT2D eigenvalue weighted by Gasteiger charge is -2.14. The maximum atomic E-state index is 6.00. The molecule has 0 amide bonds. The summed E-state index contributed by atoms with van der Waals surface area (Å²) in [4.78, 5) is 9.95. The Morgan fingerprint density at radius 3 is 2.64 bits per heavy atom. The first-order chi connectivity index (χ1) is 10.8. The summed E-state index contributed by atoms with van der Waals surface area (Å²) in [6.07, 6.45) is 6.72. The van der Waals surface area contributed by atoms with Crippen LogP contribution in [-0.2, 0) is 0 Å². The Hall–Kier alpha value is -1.65. The average molecular weight is 330 g/mol. The van der Waals surface area contributed by atoms with Gasteiger partial charge in [0, 0.05) is 22.0 Å². The highest BCUT2D eigenvalue weighted by Gasteiger charge is 2.18. The van der Waals surface area contributed by atoms with Gasteiger partial charge in [-0.2, -0.15) is 0 Å². The summed E-state index contributed by atoms with van der Waals surface area (Å²) in [5.41, 5.74) is 2.33. The number of hydrogen-bond acceptors (Lipinski definition) is 4. The molecule has 0 saturated heterocycles. The maximum Gasteiger partial charge on any atom is 0.139 e. The molecule has 1 saturated carbocycles. The van der Waals surface area contributed by atoms with Crippen LogP contribution in [-0.4, -0.2) is 16.0 Å². The third-order valence-electron chi connectivity index (χ3n) is 4.22. The Kier molecular flexibility index (Phi) is 3.72. The van der Waals surface area contributed by atoms with Crippen molar-refractivity contribution in [1.82, 2.24) is 9.97 Å². The summed E-state index contributed by atoms with van der Waals surface area (Å²) >= 11 is 7.66. The van der Waals surface area contributed by atoms with Gasteiger partial charge in [0.15, 0.2) is 0 Å². The van der Waals surface area contributed by atoms with E-state index >= 15 is 0 Å². The first kappa shape index (κ1) is 14.0. The van der Waals surface area contributed by atoms with Crippen molar-refractivity contribution in [2.24, 2.45) is 0 Å². The number of fused-ring (bicyclic) bond motifs is 1. The van der Waals surface area contributed by atoms with E-state index in [1.165, 1.54) is 31.2 Å². The minimum atomic E-state index is 0.538. The number of anilines is 1. The number of hydrogen-bond donors (Lipinski definition) is 1. The van der Waals surface area contributed by atoms with Gasteiger partial charge in [0.1, 0.15) is 17.0 Å². The second-order valence-electron chi connectivity index (χ2n) is 5.68. The largest absolute Gasteiger partial charge is 0.367 e. The monoisotopic (exact) mass is 329 g/mol. The number of benzene rings is 1. The summed E-state index contributed by atoms with van der Waals surface area (Å²) in [5.74, 6) is 0.961. The number of aromatic nitrogens is 2. The van der Waals surface area contributed by atoms with Crippen LogP contribution in [0.25, 0.3) is 21.3 Å². The molecule has 1 N–H and O–H groups in total. The van der Waals surface area contributed by atoms with Crippen LogP contribution >= 0.6 is 22.9 Å². The second kappa shape index (κ2) is 5.86. The van der Waals surface area contributed by atoms with Crippen molar-refractivity contribution >= 4 is 39.0 Å². The zero-order valence-corrected chi connectivity index (χ0v) is 13.6. The predicted octanol–water partition coefficient (Wildman–Crippen LogP) is 5.37. The van der Waals surface area contributed by atoms with E-state index in [2.05, 4.69) is 32.8 Å². The van der Waals surface area contributed by atoms with Gasteiger partial charge in [0.25, 0.3) is 0 Å². The van der Waals surface area contributed by atoms with E-state index in [-0.39, 0.29) is 0 Å². The van der Waals surface area contributed by atoms with Crippen LogP contribution in [0.2, 0.25) is 5.02 Å². The quantitative estimate of drug-likeness (QED) is 0.702.